The van der Waals surface area contributed by atoms with Gasteiger partial charge in [0.1, 0.15) is 0 Å². The van der Waals surface area contributed by atoms with E-state index in [0.29, 0.717) is 16.7 Å². The van der Waals surface area contributed by atoms with Gasteiger partial charge >= 0.3 is 0 Å². The van der Waals surface area contributed by atoms with E-state index in [4.69, 9.17) is 11.6 Å². The maximum atomic E-state index is 12.2. The van der Waals surface area contributed by atoms with E-state index in [2.05, 4.69) is 52.6 Å². The van der Waals surface area contributed by atoms with Crippen LogP contribution in [0.2, 0.25) is 5.02 Å². The van der Waals surface area contributed by atoms with Crippen LogP contribution in [0.3, 0.4) is 0 Å². The Morgan fingerprint density at radius 2 is 2.04 bits per heavy atom. The van der Waals surface area contributed by atoms with Crippen molar-refractivity contribution in [2.24, 2.45) is 0 Å². The number of anilines is 2. The van der Waals surface area contributed by atoms with Crippen LogP contribution < -0.4 is 10.6 Å². The summed E-state index contributed by atoms with van der Waals surface area (Å²) in [5.74, 6) is 0.459. The van der Waals surface area contributed by atoms with Gasteiger partial charge in [-0.05, 0) is 49.6 Å². The van der Waals surface area contributed by atoms with Crippen LogP contribution in [-0.2, 0) is 17.6 Å². The molecule has 0 aliphatic carbocycles. The lowest BCUT2D eigenvalue weighted by Crippen LogP contribution is -2.13. The zero-order valence-electron chi connectivity index (χ0n) is 15.8. The van der Waals surface area contributed by atoms with Gasteiger partial charge in [0.2, 0.25) is 11.9 Å². The summed E-state index contributed by atoms with van der Waals surface area (Å²) in [5, 5.41) is 6.77. The number of aromatic nitrogens is 2. The predicted molar refractivity (Wildman–Crippen MR) is 113 cm³/mol. The van der Waals surface area contributed by atoms with Gasteiger partial charge in [-0.1, -0.05) is 35.4 Å². The van der Waals surface area contributed by atoms with Crippen molar-refractivity contribution >= 4 is 29.1 Å². The molecular formula is C22H21ClN4O. The van der Waals surface area contributed by atoms with Crippen LogP contribution in [0.5, 0.6) is 0 Å². The van der Waals surface area contributed by atoms with Gasteiger partial charge in [-0.3, -0.25) is 4.79 Å². The molecule has 3 aromatic rings. The Morgan fingerprint density at radius 3 is 2.86 bits per heavy atom. The topological polar surface area (TPSA) is 66.9 Å². The Balaban J connectivity index is 1.57. The van der Waals surface area contributed by atoms with Crippen LogP contribution >= 0.6 is 11.6 Å². The van der Waals surface area contributed by atoms with Crippen LogP contribution in [-0.4, -0.2) is 22.4 Å². The van der Waals surface area contributed by atoms with Gasteiger partial charge in [0.25, 0.3) is 0 Å². The molecule has 0 saturated carbocycles. The number of carbonyl (C=O) groups excluding carboxylic acids is 1. The molecule has 1 aromatic heterocycles. The standard InChI is InChI=1S/C22H21ClN4O/c1-13-3-4-15(14(2)9-13)7-8-24-22-25-12-16-10-20(28)26-19-11-17(23)5-6-18(19)21(16)27-22/h3-6,9,11-12H,7-8,10H2,1-2H3,(H,26,28)(H,24,25,27). The molecule has 142 valence electrons. The summed E-state index contributed by atoms with van der Waals surface area (Å²) >= 11 is 6.09. The number of hydrogen-bond acceptors (Lipinski definition) is 4. The van der Waals surface area contributed by atoms with Gasteiger partial charge in [0, 0.05) is 28.9 Å². The van der Waals surface area contributed by atoms with E-state index < -0.39 is 0 Å². The van der Waals surface area contributed by atoms with Crippen LogP contribution in [0.4, 0.5) is 11.6 Å². The average Bonchev–Trinajstić information content (AvgIpc) is 2.78. The summed E-state index contributed by atoms with van der Waals surface area (Å²) in [6.07, 6.45) is 2.86. The molecule has 2 aromatic carbocycles. The summed E-state index contributed by atoms with van der Waals surface area (Å²) in [7, 11) is 0. The highest BCUT2D eigenvalue weighted by atomic mass is 35.5. The highest BCUT2D eigenvalue weighted by molar-refractivity contribution is 6.31. The van der Waals surface area contributed by atoms with Gasteiger partial charge < -0.3 is 10.6 Å². The average molecular weight is 393 g/mol. The first kappa shape index (κ1) is 18.4. The molecule has 1 amide bonds. The smallest absolute Gasteiger partial charge is 0.228 e. The Bertz CT molecular complexity index is 1060. The van der Waals surface area contributed by atoms with Gasteiger partial charge in [0.05, 0.1) is 17.8 Å². The van der Waals surface area contributed by atoms with E-state index in [1.165, 1.54) is 16.7 Å². The van der Waals surface area contributed by atoms with Gasteiger partial charge in [-0.25, -0.2) is 9.97 Å². The van der Waals surface area contributed by atoms with Crippen molar-refractivity contribution in [3.05, 3.63) is 69.9 Å². The number of nitrogens with zero attached hydrogens (tertiary/aromatic N) is 2. The number of benzene rings is 2. The molecule has 5 nitrogen and oxygen atoms in total. The van der Waals surface area contributed by atoms with Crippen molar-refractivity contribution in [3.8, 4) is 11.3 Å². The Morgan fingerprint density at radius 1 is 1.18 bits per heavy atom. The molecule has 0 radical (unpaired) electrons. The monoisotopic (exact) mass is 392 g/mol. The molecule has 2 heterocycles. The van der Waals surface area contributed by atoms with Crippen LogP contribution in [0.1, 0.15) is 22.3 Å². The number of nitrogens with one attached hydrogen (secondary N) is 2. The van der Waals surface area contributed by atoms with Gasteiger partial charge in [-0.2, -0.15) is 0 Å². The SMILES string of the molecule is Cc1ccc(CCNc2ncc3c(n2)-c2ccc(Cl)cc2NC(=O)C3)c(C)c1. The highest BCUT2D eigenvalue weighted by Gasteiger charge is 2.21. The van der Waals surface area contributed by atoms with Crippen LogP contribution in [0, 0.1) is 13.8 Å². The summed E-state index contributed by atoms with van der Waals surface area (Å²) in [6.45, 7) is 4.96. The first-order valence-electron chi connectivity index (χ1n) is 9.25. The lowest BCUT2D eigenvalue weighted by atomic mass is 10.0. The molecule has 0 spiro atoms. The number of halogens is 1. The predicted octanol–water partition coefficient (Wildman–Crippen LogP) is 4.56. The van der Waals surface area contributed by atoms with Crippen molar-refractivity contribution in [1.82, 2.24) is 9.97 Å². The third-order valence-electron chi connectivity index (χ3n) is 4.90. The minimum absolute atomic E-state index is 0.0959. The molecule has 28 heavy (non-hydrogen) atoms. The summed E-state index contributed by atoms with van der Waals surface area (Å²) in [5.41, 5.74) is 6.96. The molecule has 0 fully saturated rings. The Labute approximate surface area is 169 Å². The number of aryl methyl sites for hydroxylation is 2. The second-order valence-electron chi connectivity index (χ2n) is 7.09. The largest absolute Gasteiger partial charge is 0.354 e. The molecule has 0 saturated heterocycles. The third kappa shape index (κ3) is 3.85. The second kappa shape index (κ2) is 7.60. The normalized spacial score (nSPS) is 12.6. The minimum Gasteiger partial charge on any atom is -0.354 e. The fourth-order valence-corrected chi connectivity index (χ4v) is 3.66. The van der Waals surface area contributed by atoms with E-state index in [0.717, 1.165) is 29.8 Å². The molecule has 1 aliphatic rings. The van der Waals surface area contributed by atoms with E-state index in [1.807, 2.05) is 6.07 Å². The highest BCUT2D eigenvalue weighted by Crippen LogP contribution is 2.34. The fourth-order valence-electron chi connectivity index (χ4n) is 3.48. The second-order valence-corrected chi connectivity index (χ2v) is 7.53. The summed E-state index contributed by atoms with van der Waals surface area (Å²) < 4.78 is 0. The van der Waals surface area contributed by atoms with Crippen molar-refractivity contribution in [2.75, 3.05) is 17.2 Å². The zero-order valence-corrected chi connectivity index (χ0v) is 16.6. The Kier molecular flexibility index (Phi) is 5.01. The third-order valence-corrected chi connectivity index (χ3v) is 5.14. The summed E-state index contributed by atoms with van der Waals surface area (Å²) in [4.78, 5) is 21.3. The fraction of sp³-hybridized carbons (Fsp3) is 0.227. The number of carbonyl (C=O) groups is 1. The van der Waals surface area contributed by atoms with Crippen molar-refractivity contribution in [2.45, 2.75) is 26.7 Å². The van der Waals surface area contributed by atoms with Crippen molar-refractivity contribution in [3.63, 3.8) is 0 Å². The lowest BCUT2D eigenvalue weighted by Gasteiger charge is -2.11. The molecule has 0 bridgehead atoms. The van der Waals surface area contributed by atoms with E-state index in [-0.39, 0.29) is 12.3 Å². The Hall–Kier alpha value is -2.92. The molecular weight excluding hydrogens is 372 g/mol. The zero-order chi connectivity index (χ0) is 19.7. The van der Waals surface area contributed by atoms with Crippen molar-refractivity contribution in [1.29, 1.82) is 0 Å². The molecule has 2 N–H and O–H groups in total. The number of rotatable bonds is 4. The van der Waals surface area contributed by atoms with Gasteiger partial charge in [-0.15, -0.1) is 0 Å². The summed E-state index contributed by atoms with van der Waals surface area (Å²) in [6, 6.07) is 11.9. The first-order valence-corrected chi connectivity index (χ1v) is 9.63. The number of hydrogen-bond donors (Lipinski definition) is 2. The molecule has 6 heteroatoms. The molecule has 1 aliphatic heterocycles. The maximum Gasteiger partial charge on any atom is 0.228 e. The van der Waals surface area contributed by atoms with E-state index in [1.54, 1.807) is 18.3 Å². The first-order chi connectivity index (χ1) is 13.5. The number of amides is 1. The lowest BCUT2D eigenvalue weighted by molar-refractivity contribution is -0.115. The molecule has 0 unspecified atom stereocenters. The van der Waals surface area contributed by atoms with Gasteiger partial charge in [0.15, 0.2) is 0 Å². The van der Waals surface area contributed by atoms with Crippen LogP contribution in [0.15, 0.2) is 42.6 Å². The maximum absolute atomic E-state index is 12.2. The number of fused-ring (bicyclic) bond motifs is 3. The van der Waals surface area contributed by atoms with E-state index >= 15 is 0 Å². The van der Waals surface area contributed by atoms with Crippen LogP contribution in [0.25, 0.3) is 11.3 Å². The molecule has 4 rings (SSSR count). The quantitative estimate of drug-likeness (QED) is 0.682. The molecule has 0 atom stereocenters. The van der Waals surface area contributed by atoms with E-state index in [9.17, 15) is 4.79 Å². The minimum atomic E-state index is -0.0959. The van der Waals surface area contributed by atoms with Crippen molar-refractivity contribution < 1.29 is 4.79 Å².